The van der Waals surface area contributed by atoms with Gasteiger partial charge in [-0.05, 0) is 0 Å². The second-order valence-corrected chi connectivity index (χ2v) is 5.08. The lowest BCUT2D eigenvalue weighted by molar-refractivity contribution is -0.0585. The summed E-state index contributed by atoms with van der Waals surface area (Å²) in [6.07, 6.45) is -2.14. The van der Waals surface area contributed by atoms with Crippen LogP contribution in [0.5, 0.6) is 0 Å². The summed E-state index contributed by atoms with van der Waals surface area (Å²) >= 11 is 0. The molecule has 2 aromatic heterocycles. The molecular formula is C12H16N4O6. The minimum Gasteiger partial charge on any atom is -0.394 e. The average molecular weight is 312 g/mol. The zero-order chi connectivity index (χ0) is 16.0. The highest BCUT2D eigenvalue weighted by Gasteiger charge is 2.45. The van der Waals surface area contributed by atoms with E-state index in [0.29, 0.717) is 0 Å². The molecule has 0 spiro atoms. The smallest absolute Gasteiger partial charge is 0.329 e. The van der Waals surface area contributed by atoms with Crippen molar-refractivity contribution >= 4 is 11.2 Å². The first-order valence-electron chi connectivity index (χ1n) is 6.62. The van der Waals surface area contributed by atoms with Gasteiger partial charge in [0.2, 0.25) is 0 Å². The predicted octanol–water partition coefficient (Wildman–Crippen LogP) is -2.31. The van der Waals surface area contributed by atoms with Gasteiger partial charge in [0.05, 0.1) is 12.9 Å². The third-order valence-corrected chi connectivity index (χ3v) is 3.86. The maximum Gasteiger partial charge on any atom is 0.329 e. The second-order valence-electron chi connectivity index (χ2n) is 5.08. The molecule has 1 aliphatic rings. The van der Waals surface area contributed by atoms with Crippen LogP contribution in [-0.4, -0.2) is 61.3 Å². The SMILES string of the molecule is CO[C@@H]1[C@H](O)[C@@H](CO)O[C@H]1n1cnc2c(=O)[nH]c(=O)n(C)c21. The molecule has 120 valence electrons. The Bertz CT molecular complexity index is 808. The summed E-state index contributed by atoms with van der Waals surface area (Å²) in [5.74, 6) is 0. The molecule has 10 heteroatoms. The van der Waals surface area contributed by atoms with Crippen LogP contribution in [0.3, 0.4) is 0 Å². The number of imidazole rings is 1. The standard InChI is InChI=1S/C12H16N4O6/c1-15-10-6(9(19)14-12(15)20)13-4-16(10)11-8(21-2)7(18)5(3-17)22-11/h4-5,7-8,11,17-18H,3H2,1-2H3,(H,14,19,20)/t5-,7-,8-,11-/m1/s1. The number of methoxy groups -OCH3 is 1. The number of hydrogen-bond donors (Lipinski definition) is 3. The van der Waals surface area contributed by atoms with Gasteiger partial charge < -0.3 is 19.7 Å². The van der Waals surface area contributed by atoms with Crippen LogP contribution in [-0.2, 0) is 16.5 Å². The van der Waals surface area contributed by atoms with Gasteiger partial charge in [-0.15, -0.1) is 0 Å². The zero-order valence-corrected chi connectivity index (χ0v) is 12.0. The van der Waals surface area contributed by atoms with Gasteiger partial charge in [-0.1, -0.05) is 0 Å². The van der Waals surface area contributed by atoms with Crippen LogP contribution < -0.4 is 11.2 Å². The van der Waals surface area contributed by atoms with Gasteiger partial charge in [-0.2, -0.15) is 0 Å². The van der Waals surface area contributed by atoms with Gasteiger partial charge in [-0.3, -0.25) is 18.9 Å². The van der Waals surface area contributed by atoms with Gasteiger partial charge in [0.15, 0.2) is 17.4 Å². The molecule has 1 fully saturated rings. The minimum atomic E-state index is -1.04. The summed E-state index contributed by atoms with van der Waals surface area (Å²) in [7, 11) is 2.88. The Morgan fingerprint density at radius 1 is 1.50 bits per heavy atom. The summed E-state index contributed by atoms with van der Waals surface area (Å²) in [6, 6.07) is 0. The van der Waals surface area contributed by atoms with Gasteiger partial charge in [0.25, 0.3) is 5.56 Å². The fourth-order valence-corrected chi connectivity index (χ4v) is 2.72. The molecule has 4 atom stereocenters. The van der Waals surface area contributed by atoms with Crippen LogP contribution in [0.4, 0.5) is 0 Å². The fourth-order valence-electron chi connectivity index (χ4n) is 2.72. The Hall–Kier alpha value is -2.01. The molecule has 1 saturated heterocycles. The first-order chi connectivity index (χ1) is 10.5. The van der Waals surface area contributed by atoms with Crippen molar-refractivity contribution in [2.45, 2.75) is 24.5 Å². The molecule has 3 rings (SSSR count). The lowest BCUT2D eigenvalue weighted by Gasteiger charge is -2.20. The van der Waals surface area contributed by atoms with Crippen molar-refractivity contribution in [3.63, 3.8) is 0 Å². The first kappa shape index (κ1) is 14.9. The number of rotatable bonds is 3. The molecule has 3 heterocycles. The molecule has 3 N–H and O–H groups in total. The summed E-state index contributed by atoms with van der Waals surface area (Å²) in [5.41, 5.74) is -0.886. The molecule has 0 aliphatic carbocycles. The van der Waals surface area contributed by atoms with Crippen LogP contribution in [0.1, 0.15) is 6.23 Å². The molecule has 0 aromatic carbocycles. The minimum absolute atomic E-state index is 0.0718. The van der Waals surface area contributed by atoms with Gasteiger partial charge in [0, 0.05) is 14.2 Å². The van der Waals surface area contributed by atoms with E-state index in [1.54, 1.807) is 0 Å². The number of aromatic nitrogens is 4. The number of hydrogen-bond acceptors (Lipinski definition) is 7. The normalized spacial score (nSPS) is 28.5. The third-order valence-electron chi connectivity index (χ3n) is 3.86. The average Bonchev–Trinajstić information content (AvgIpc) is 3.06. The number of nitrogens with zero attached hydrogens (tertiary/aromatic N) is 3. The molecular weight excluding hydrogens is 296 g/mol. The van der Waals surface area contributed by atoms with Crippen molar-refractivity contribution in [1.82, 2.24) is 19.1 Å². The molecule has 2 aromatic rings. The van der Waals surface area contributed by atoms with Gasteiger partial charge >= 0.3 is 5.69 Å². The van der Waals surface area contributed by atoms with Crippen molar-refractivity contribution in [3.8, 4) is 0 Å². The van der Waals surface area contributed by atoms with E-state index in [1.165, 1.54) is 29.6 Å². The number of aliphatic hydroxyl groups excluding tert-OH is 2. The fraction of sp³-hybridized carbons (Fsp3) is 0.583. The largest absolute Gasteiger partial charge is 0.394 e. The van der Waals surface area contributed by atoms with E-state index in [0.717, 1.165) is 0 Å². The molecule has 22 heavy (non-hydrogen) atoms. The van der Waals surface area contributed by atoms with E-state index in [1.807, 2.05) is 0 Å². The van der Waals surface area contributed by atoms with Gasteiger partial charge in [-0.25, -0.2) is 9.78 Å². The number of nitrogens with one attached hydrogen (secondary N) is 1. The lowest BCUT2D eigenvalue weighted by Crippen LogP contribution is -2.35. The number of aryl methyl sites for hydroxylation is 1. The number of ether oxygens (including phenoxy) is 2. The Labute approximate surface area is 123 Å². The molecule has 0 unspecified atom stereocenters. The summed E-state index contributed by atoms with van der Waals surface area (Å²) in [6.45, 7) is -0.385. The van der Waals surface area contributed by atoms with E-state index < -0.39 is 35.8 Å². The Morgan fingerprint density at radius 2 is 2.23 bits per heavy atom. The Morgan fingerprint density at radius 3 is 2.86 bits per heavy atom. The van der Waals surface area contributed by atoms with E-state index in [4.69, 9.17) is 9.47 Å². The van der Waals surface area contributed by atoms with E-state index in [9.17, 15) is 19.8 Å². The van der Waals surface area contributed by atoms with E-state index in [2.05, 4.69) is 9.97 Å². The Kier molecular flexibility index (Phi) is 3.60. The maximum absolute atomic E-state index is 11.8. The number of aliphatic hydroxyl groups is 2. The summed E-state index contributed by atoms with van der Waals surface area (Å²) in [5, 5.41) is 19.3. The van der Waals surface area contributed by atoms with Crippen LogP contribution in [0.2, 0.25) is 0 Å². The molecule has 0 saturated carbocycles. The highest BCUT2D eigenvalue weighted by Crippen LogP contribution is 2.32. The zero-order valence-electron chi connectivity index (χ0n) is 12.0. The lowest BCUT2D eigenvalue weighted by atomic mass is 10.1. The van der Waals surface area contributed by atoms with Crippen molar-refractivity contribution in [2.75, 3.05) is 13.7 Å². The molecule has 0 amide bonds. The number of H-pyrrole nitrogens is 1. The summed E-state index contributed by atoms with van der Waals surface area (Å²) in [4.78, 5) is 29.7. The van der Waals surface area contributed by atoms with Crippen LogP contribution in [0, 0.1) is 0 Å². The second kappa shape index (κ2) is 5.32. The molecule has 10 nitrogen and oxygen atoms in total. The monoisotopic (exact) mass is 312 g/mol. The van der Waals surface area contributed by atoms with Crippen molar-refractivity contribution in [3.05, 3.63) is 27.2 Å². The van der Waals surface area contributed by atoms with Gasteiger partial charge in [0.1, 0.15) is 18.3 Å². The summed E-state index contributed by atoms with van der Waals surface area (Å²) < 4.78 is 13.5. The van der Waals surface area contributed by atoms with Crippen molar-refractivity contribution in [2.24, 2.45) is 7.05 Å². The van der Waals surface area contributed by atoms with E-state index >= 15 is 0 Å². The predicted molar refractivity (Wildman–Crippen MR) is 73.4 cm³/mol. The number of fused-ring (bicyclic) bond motifs is 1. The number of aromatic amines is 1. The quantitative estimate of drug-likeness (QED) is 0.580. The highest BCUT2D eigenvalue weighted by atomic mass is 16.6. The highest BCUT2D eigenvalue weighted by molar-refractivity contribution is 5.69. The maximum atomic E-state index is 11.8. The molecule has 0 bridgehead atoms. The first-order valence-corrected chi connectivity index (χ1v) is 6.62. The van der Waals surface area contributed by atoms with Crippen LogP contribution >= 0.6 is 0 Å². The van der Waals surface area contributed by atoms with Crippen LogP contribution in [0.15, 0.2) is 15.9 Å². The molecule has 1 aliphatic heterocycles. The Balaban J connectivity index is 2.19. The van der Waals surface area contributed by atoms with Crippen molar-refractivity contribution in [1.29, 1.82) is 0 Å². The van der Waals surface area contributed by atoms with Crippen LogP contribution in [0.25, 0.3) is 11.2 Å². The van der Waals surface area contributed by atoms with E-state index in [-0.39, 0.29) is 17.8 Å². The topological polar surface area (TPSA) is 132 Å². The molecule has 0 radical (unpaired) electrons. The van der Waals surface area contributed by atoms with Crippen molar-refractivity contribution < 1.29 is 19.7 Å². The third kappa shape index (κ3) is 2.00.